The molecule has 1 aromatic rings. The first-order valence-electron chi connectivity index (χ1n) is 9.07. The SMILES string of the molecule is Cc1cccc(NC(=O)CN2CCC[C@H](C(=O)N3CCOCC3)C2)c1. The summed E-state index contributed by atoms with van der Waals surface area (Å²) >= 11 is 0. The number of morpholine rings is 1. The Morgan fingerprint density at radius 2 is 2.04 bits per heavy atom. The lowest BCUT2D eigenvalue weighted by atomic mass is 9.96. The van der Waals surface area contributed by atoms with Crippen LogP contribution in [-0.2, 0) is 14.3 Å². The van der Waals surface area contributed by atoms with Gasteiger partial charge in [0.15, 0.2) is 0 Å². The maximum atomic E-state index is 12.7. The van der Waals surface area contributed by atoms with Gasteiger partial charge >= 0.3 is 0 Å². The standard InChI is InChI=1S/C19H27N3O3/c1-15-4-2-6-17(12-15)20-18(23)14-21-7-3-5-16(13-21)19(24)22-8-10-25-11-9-22/h2,4,6,12,16H,3,5,7-11,13-14H2,1H3,(H,20,23)/t16-/m0/s1. The normalized spacial score (nSPS) is 21.8. The average molecular weight is 345 g/mol. The van der Waals surface area contributed by atoms with Gasteiger partial charge in [-0.1, -0.05) is 12.1 Å². The molecule has 136 valence electrons. The highest BCUT2D eigenvalue weighted by atomic mass is 16.5. The quantitative estimate of drug-likeness (QED) is 0.898. The molecule has 6 heteroatoms. The van der Waals surface area contributed by atoms with E-state index < -0.39 is 0 Å². The van der Waals surface area contributed by atoms with Gasteiger partial charge in [0.1, 0.15) is 0 Å². The number of aryl methyl sites for hydroxylation is 1. The van der Waals surface area contributed by atoms with Gasteiger partial charge in [-0.25, -0.2) is 0 Å². The maximum Gasteiger partial charge on any atom is 0.238 e. The minimum absolute atomic E-state index is 0.00128. The smallest absolute Gasteiger partial charge is 0.238 e. The molecule has 0 aliphatic carbocycles. The zero-order valence-electron chi connectivity index (χ0n) is 14.9. The van der Waals surface area contributed by atoms with Crippen LogP contribution in [0, 0.1) is 12.8 Å². The van der Waals surface area contributed by atoms with Gasteiger partial charge in [0, 0.05) is 25.3 Å². The zero-order chi connectivity index (χ0) is 17.6. The molecule has 0 bridgehead atoms. The summed E-state index contributed by atoms with van der Waals surface area (Å²) in [5.41, 5.74) is 1.94. The van der Waals surface area contributed by atoms with Crippen molar-refractivity contribution >= 4 is 17.5 Å². The van der Waals surface area contributed by atoms with Crippen LogP contribution in [0.25, 0.3) is 0 Å². The van der Waals surface area contributed by atoms with Crippen molar-refractivity contribution in [2.75, 3.05) is 51.3 Å². The molecule has 6 nitrogen and oxygen atoms in total. The van der Waals surface area contributed by atoms with Gasteiger partial charge in [0.05, 0.1) is 25.7 Å². The molecule has 0 spiro atoms. The van der Waals surface area contributed by atoms with Gasteiger partial charge < -0.3 is 15.0 Å². The maximum absolute atomic E-state index is 12.7. The highest BCUT2D eigenvalue weighted by Crippen LogP contribution is 2.19. The van der Waals surface area contributed by atoms with Crippen LogP contribution in [0.4, 0.5) is 5.69 Å². The summed E-state index contributed by atoms with van der Waals surface area (Å²) in [6.07, 6.45) is 1.87. The third-order valence-electron chi connectivity index (χ3n) is 4.85. The van der Waals surface area contributed by atoms with E-state index in [1.54, 1.807) is 0 Å². The molecule has 2 amide bonds. The van der Waals surface area contributed by atoms with E-state index in [1.807, 2.05) is 36.1 Å². The van der Waals surface area contributed by atoms with Crippen LogP contribution in [0.2, 0.25) is 0 Å². The Morgan fingerprint density at radius 1 is 1.24 bits per heavy atom. The molecule has 2 aliphatic heterocycles. The first kappa shape index (κ1) is 17.9. The van der Waals surface area contributed by atoms with Crippen molar-refractivity contribution in [1.82, 2.24) is 9.80 Å². The van der Waals surface area contributed by atoms with E-state index in [9.17, 15) is 9.59 Å². The van der Waals surface area contributed by atoms with Crippen LogP contribution in [0.5, 0.6) is 0 Å². The summed E-state index contributed by atoms with van der Waals surface area (Å²) < 4.78 is 5.32. The third kappa shape index (κ3) is 5.03. The van der Waals surface area contributed by atoms with Gasteiger partial charge in [-0.15, -0.1) is 0 Å². The highest BCUT2D eigenvalue weighted by Gasteiger charge is 2.30. The minimum atomic E-state index is -0.0231. The zero-order valence-corrected chi connectivity index (χ0v) is 14.9. The molecular weight excluding hydrogens is 318 g/mol. The third-order valence-corrected chi connectivity index (χ3v) is 4.85. The van der Waals surface area contributed by atoms with Gasteiger partial charge in [0.2, 0.25) is 11.8 Å². The second-order valence-corrected chi connectivity index (χ2v) is 6.93. The van der Waals surface area contributed by atoms with Gasteiger partial charge in [-0.05, 0) is 44.0 Å². The monoisotopic (exact) mass is 345 g/mol. The van der Waals surface area contributed by atoms with E-state index in [4.69, 9.17) is 4.74 Å². The molecule has 2 fully saturated rings. The fourth-order valence-electron chi connectivity index (χ4n) is 3.57. The van der Waals surface area contributed by atoms with E-state index in [2.05, 4.69) is 10.2 Å². The van der Waals surface area contributed by atoms with Crippen LogP contribution < -0.4 is 5.32 Å². The van der Waals surface area contributed by atoms with Crippen molar-refractivity contribution in [3.8, 4) is 0 Å². The average Bonchev–Trinajstić information content (AvgIpc) is 2.62. The number of carbonyl (C=O) groups is 2. The van der Waals surface area contributed by atoms with Gasteiger partial charge in [-0.3, -0.25) is 14.5 Å². The van der Waals surface area contributed by atoms with Crippen LogP contribution >= 0.6 is 0 Å². The summed E-state index contributed by atoms with van der Waals surface area (Å²) in [5, 5.41) is 2.94. The number of nitrogens with zero attached hydrogens (tertiary/aromatic N) is 2. The fraction of sp³-hybridized carbons (Fsp3) is 0.579. The number of hydrogen-bond acceptors (Lipinski definition) is 4. The molecule has 0 aromatic heterocycles. The first-order valence-corrected chi connectivity index (χ1v) is 9.07. The largest absolute Gasteiger partial charge is 0.378 e. The van der Waals surface area contributed by atoms with Crippen LogP contribution in [-0.4, -0.2) is 67.6 Å². The summed E-state index contributed by atoms with van der Waals surface area (Å²) in [5.74, 6) is 0.191. The number of rotatable bonds is 4. The second-order valence-electron chi connectivity index (χ2n) is 6.93. The lowest BCUT2D eigenvalue weighted by molar-refractivity contribution is -0.141. The van der Waals surface area contributed by atoms with Crippen molar-refractivity contribution in [3.05, 3.63) is 29.8 Å². The first-order chi connectivity index (χ1) is 12.1. The molecule has 0 saturated carbocycles. The minimum Gasteiger partial charge on any atom is -0.378 e. The number of amides is 2. The van der Waals surface area contributed by atoms with E-state index in [0.29, 0.717) is 39.4 Å². The van der Waals surface area contributed by atoms with Crippen molar-refractivity contribution in [3.63, 3.8) is 0 Å². The Hall–Kier alpha value is -1.92. The predicted molar refractivity (Wildman–Crippen MR) is 96.4 cm³/mol. The fourth-order valence-corrected chi connectivity index (χ4v) is 3.57. The molecule has 1 atom stereocenters. The summed E-state index contributed by atoms with van der Waals surface area (Å²) in [4.78, 5) is 29.0. The molecule has 1 N–H and O–H groups in total. The number of carbonyl (C=O) groups excluding carboxylic acids is 2. The van der Waals surface area contributed by atoms with Gasteiger partial charge in [0.25, 0.3) is 0 Å². The number of benzene rings is 1. The number of likely N-dealkylation sites (tertiary alicyclic amines) is 1. The predicted octanol–water partition coefficient (Wildman–Crippen LogP) is 1.50. The molecule has 2 aliphatic rings. The number of ether oxygens (including phenoxy) is 1. The Morgan fingerprint density at radius 3 is 2.80 bits per heavy atom. The lowest BCUT2D eigenvalue weighted by Crippen LogP contribution is -2.49. The van der Waals surface area contributed by atoms with Gasteiger partial charge in [-0.2, -0.15) is 0 Å². The second kappa shape index (κ2) is 8.45. The summed E-state index contributed by atoms with van der Waals surface area (Å²) in [6.45, 7) is 6.49. The van der Waals surface area contributed by atoms with Crippen molar-refractivity contribution in [1.29, 1.82) is 0 Å². The van der Waals surface area contributed by atoms with Crippen molar-refractivity contribution < 1.29 is 14.3 Å². The van der Waals surface area contributed by atoms with Crippen LogP contribution in [0.15, 0.2) is 24.3 Å². The number of piperidine rings is 1. The number of nitrogens with one attached hydrogen (secondary N) is 1. The Balaban J connectivity index is 1.50. The molecule has 0 unspecified atom stereocenters. The van der Waals surface area contributed by atoms with Crippen molar-refractivity contribution in [2.45, 2.75) is 19.8 Å². The molecular formula is C19H27N3O3. The van der Waals surface area contributed by atoms with Crippen LogP contribution in [0.3, 0.4) is 0 Å². The van der Waals surface area contributed by atoms with Crippen LogP contribution in [0.1, 0.15) is 18.4 Å². The number of anilines is 1. The summed E-state index contributed by atoms with van der Waals surface area (Å²) in [6, 6.07) is 7.79. The van der Waals surface area contributed by atoms with E-state index in [0.717, 1.165) is 30.6 Å². The lowest BCUT2D eigenvalue weighted by Gasteiger charge is -2.35. The molecule has 3 rings (SSSR count). The molecule has 0 radical (unpaired) electrons. The van der Waals surface area contributed by atoms with E-state index in [1.165, 1.54) is 0 Å². The topological polar surface area (TPSA) is 61.9 Å². The Kier molecular flexibility index (Phi) is 6.04. The summed E-state index contributed by atoms with van der Waals surface area (Å²) in [7, 11) is 0. The highest BCUT2D eigenvalue weighted by molar-refractivity contribution is 5.92. The van der Waals surface area contributed by atoms with Crippen molar-refractivity contribution in [2.24, 2.45) is 5.92 Å². The van der Waals surface area contributed by atoms with E-state index >= 15 is 0 Å². The molecule has 25 heavy (non-hydrogen) atoms. The Labute approximate surface area is 149 Å². The molecule has 1 aromatic carbocycles. The van der Waals surface area contributed by atoms with E-state index in [-0.39, 0.29) is 17.7 Å². The molecule has 2 heterocycles. The number of hydrogen-bond donors (Lipinski definition) is 1. The Bertz CT molecular complexity index is 614. The molecule has 2 saturated heterocycles.